The second kappa shape index (κ2) is 9.34. The van der Waals surface area contributed by atoms with Crippen molar-refractivity contribution in [3.05, 3.63) is 54.1 Å². The Labute approximate surface area is 136 Å². The normalized spacial score (nSPS) is 10.6. The summed E-state index contributed by atoms with van der Waals surface area (Å²) in [7, 11) is 0. The molecule has 0 aliphatic heterocycles. The van der Waals surface area contributed by atoms with Crippen LogP contribution in [0, 0.1) is 11.3 Å². The molecule has 0 spiro atoms. The summed E-state index contributed by atoms with van der Waals surface area (Å²) in [5.41, 5.74) is 2.05. The van der Waals surface area contributed by atoms with Crippen LogP contribution >= 0.6 is 0 Å². The summed E-state index contributed by atoms with van der Waals surface area (Å²) in [6.07, 6.45) is 1.01. The second-order valence-corrected chi connectivity index (χ2v) is 4.81. The topological polar surface area (TPSA) is 67.0 Å². The van der Waals surface area contributed by atoms with E-state index in [2.05, 4.69) is 23.2 Å². The highest BCUT2D eigenvalue weighted by atomic mass is 16.5. The second-order valence-electron chi connectivity index (χ2n) is 4.81. The van der Waals surface area contributed by atoms with Crippen LogP contribution in [0.25, 0.3) is 0 Å². The number of hydrogen-bond donors (Lipinski definition) is 0. The average molecular weight is 309 g/mol. The van der Waals surface area contributed by atoms with Crippen molar-refractivity contribution in [2.45, 2.75) is 13.3 Å². The number of ether oxygens (including phenoxy) is 2. The van der Waals surface area contributed by atoms with E-state index >= 15 is 0 Å². The molecule has 0 amide bonds. The molecule has 0 radical (unpaired) electrons. The summed E-state index contributed by atoms with van der Waals surface area (Å²) in [6.45, 7) is 3.96. The molecule has 5 heteroatoms. The van der Waals surface area contributed by atoms with Gasteiger partial charge in [0.1, 0.15) is 12.4 Å². The van der Waals surface area contributed by atoms with Gasteiger partial charge in [0.25, 0.3) is 0 Å². The number of benzene rings is 2. The Hall–Kier alpha value is -2.71. The molecule has 0 fully saturated rings. The number of nitrogens with zero attached hydrogens (tertiary/aromatic N) is 3. The van der Waals surface area contributed by atoms with Crippen molar-refractivity contribution in [1.82, 2.24) is 0 Å². The summed E-state index contributed by atoms with van der Waals surface area (Å²) in [6, 6.07) is 16.4. The van der Waals surface area contributed by atoms with Crippen LogP contribution in [-0.2, 0) is 4.74 Å². The smallest absolute Gasteiger partial charge is 0.119 e. The number of rotatable bonds is 8. The van der Waals surface area contributed by atoms with Gasteiger partial charge in [-0.3, -0.25) is 0 Å². The van der Waals surface area contributed by atoms with Crippen LogP contribution in [0.15, 0.2) is 58.8 Å². The average Bonchev–Trinajstić information content (AvgIpc) is 2.61. The van der Waals surface area contributed by atoms with Crippen LogP contribution in [0.3, 0.4) is 0 Å². The molecule has 2 aromatic carbocycles. The van der Waals surface area contributed by atoms with E-state index in [4.69, 9.17) is 14.7 Å². The van der Waals surface area contributed by atoms with Crippen LogP contribution in [0.1, 0.15) is 18.9 Å². The van der Waals surface area contributed by atoms with E-state index in [1.807, 2.05) is 24.3 Å². The maximum Gasteiger partial charge on any atom is 0.119 e. The van der Waals surface area contributed by atoms with Gasteiger partial charge in [-0.05, 0) is 55.0 Å². The van der Waals surface area contributed by atoms with E-state index in [1.54, 1.807) is 24.3 Å². The zero-order valence-corrected chi connectivity index (χ0v) is 13.1. The summed E-state index contributed by atoms with van der Waals surface area (Å²) >= 11 is 0. The third kappa shape index (κ3) is 5.89. The van der Waals surface area contributed by atoms with Crippen molar-refractivity contribution >= 4 is 11.4 Å². The fraction of sp³-hybridized carbons (Fsp3) is 0.278. The van der Waals surface area contributed by atoms with Gasteiger partial charge in [-0.25, -0.2) is 0 Å². The van der Waals surface area contributed by atoms with E-state index < -0.39 is 0 Å². The molecule has 2 rings (SSSR count). The molecule has 0 unspecified atom stereocenters. The first kappa shape index (κ1) is 16.7. The van der Waals surface area contributed by atoms with Gasteiger partial charge in [-0.2, -0.15) is 15.5 Å². The summed E-state index contributed by atoms with van der Waals surface area (Å²) in [4.78, 5) is 0. The SMILES string of the molecule is CCCOCCOc1ccc(N=Nc2ccc(C#N)cc2)cc1. The van der Waals surface area contributed by atoms with Gasteiger partial charge < -0.3 is 9.47 Å². The minimum absolute atomic E-state index is 0.534. The maximum absolute atomic E-state index is 8.74. The summed E-state index contributed by atoms with van der Waals surface area (Å²) < 4.78 is 10.9. The first-order valence-electron chi connectivity index (χ1n) is 7.54. The van der Waals surface area contributed by atoms with E-state index in [1.165, 1.54) is 0 Å². The highest BCUT2D eigenvalue weighted by Crippen LogP contribution is 2.21. The third-order valence-corrected chi connectivity index (χ3v) is 2.96. The van der Waals surface area contributed by atoms with Gasteiger partial charge in [0.2, 0.25) is 0 Å². The van der Waals surface area contributed by atoms with Crippen LogP contribution in [0.2, 0.25) is 0 Å². The van der Waals surface area contributed by atoms with Crippen molar-refractivity contribution in [3.8, 4) is 11.8 Å². The Kier molecular flexibility index (Phi) is 6.76. The zero-order valence-electron chi connectivity index (χ0n) is 13.1. The molecule has 2 aromatic rings. The molecule has 0 heterocycles. The molecule has 0 aliphatic carbocycles. The molecule has 23 heavy (non-hydrogen) atoms. The van der Waals surface area contributed by atoms with Crippen molar-refractivity contribution in [2.24, 2.45) is 10.2 Å². The molecule has 0 atom stereocenters. The Balaban J connectivity index is 1.84. The van der Waals surface area contributed by atoms with E-state index in [0.29, 0.717) is 24.5 Å². The van der Waals surface area contributed by atoms with Crippen molar-refractivity contribution in [3.63, 3.8) is 0 Å². The van der Waals surface area contributed by atoms with E-state index in [0.717, 1.165) is 24.5 Å². The Morgan fingerprint density at radius 2 is 1.48 bits per heavy atom. The predicted molar refractivity (Wildman–Crippen MR) is 88.4 cm³/mol. The summed E-state index contributed by atoms with van der Waals surface area (Å²) in [5, 5.41) is 17.0. The minimum atomic E-state index is 0.534. The lowest BCUT2D eigenvalue weighted by Gasteiger charge is -2.06. The van der Waals surface area contributed by atoms with E-state index in [9.17, 15) is 0 Å². The fourth-order valence-electron chi connectivity index (χ4n) is 1.79. The minimum Gasteiger partial charge on any atom is -0.491 e. The van der Waals surface area contributed by atoms with Crippen molar-refractivity contribution in [2.75, 3.05) is 19.8 Å². The zero-order chi connectivity index (χ0) is 16.3. The molecular weight excluding hydrogens is 290 g/mol. The predicted octanol–water partition coefficient (Wildman–Crippen LogP) is 4.78. The van der Waals surface area contributed by atoms with Gasteiger partial charge in [-0.1, -0.05) is 6.92 Å². The lowest BCUT2D eigenvalue weighted by atomic mass is 10.2. The highest BCUT2D eigenvalue weighted by Gasteiger charge is 1.96. The number of hydrogen-bond acceptors (Lipinski definition) is 5. The Bertz CT molecular complexity index is 658. The van der Waals surface area contributed by atoms with Crippen molar-refractivity contribution < 1.29 is 9.47 Å². The maximum atomic E-state index is 8.74. The molecule has 5 nitrogen and oxygen atoms in total. The standard InChI is InChI=1S/C18H19N3O2/c1-2-11-22-12-13-23-18-9-7-17(8-10-18)21-20-16-5-3-15(14-19)4-6-16/h3-10H,2,11-13H2,1H3. The number of azo groups is 1. The molecule has 0 N–H and O–H groups in total. The molecule has 118 valence electrons. The van der Waals surface area contributed by atoms with Crippen LogP contribution in [0.4, 0.5) is 11.4 Å². The lowest BCUT2D eigenvalue weighted by Crippen LogP contribution is -2.06. The van der Waals surface area contributed by atoms with Crippen LogP contribution in [0.5, 0.6) is 5.75 Å². The summed E-state index contributed by atoms with van der Waals surface area (Å²) in [5.74, 6) is 0.780. The highest BCUT2D eigenvalue weighted by molar-refractivity contribution is 5.44. The third-order valence-electron chi connectivity index (χ3n) is 2.96. The molecule has 0 saturated carbocycles. The largest absolute Gasteiger partial charge is 0.491 e. The Morgan fingerprint density at radius 1 is 0.870 bits per heavy atom. The molecule has 0 saturated heterocycles. The van der Waals surface area contributed by atoms with Gasteiger partial charge in [0.15, 0.2) is 0 Å². The van der Waals surface area contributed by atoms with Crippen molar-refractivity contribution in [1.29, 1.82) is 5.26 Å². The molecule has 0 bridgehead atoms. The van der Waals surface area contributed by atoms with Gasteiger partial charge in [0, 0.05) is 6.61 Å². The molecule has 0 aromatic heterocycles. The molecular formula is C18H19N3O2. The fourth-order valence-corrected chi connectivity index (χ4v) is 1.79. The number of nitriles is 1. The van der Waals surface area contributed by atoms with Gasteiger partial charge in [-0.15, -0.1) is 0 Å². The van der Waals surface area contributed by atoms with E-state index in [-0.39, 0.29) is 0 Å². The Morgan fingerprint density at radius 3 is 2.04 bits per heavy atom. The van der Waals surface area contributed by atoms with Crippen LogP contribution in [-0.4, -0.2) is 19.8 Å². The lowest BCUT2D eigenvalue weighted by molar-refractivity contribution is 0.101. The first-order valence-corrected chi connectivity index (χ1v) is 7.54. The van der Waals surface area contributed by atoms with Gasteiger partial charge in [0.05, 0.1) is 29.6 Å². The quantitative estimate of drug-likeness (QED) is 0.520. The van der Waals surface area contributed by atoms with Crippen LogP contribution < -0.4 is 4.74 Å². The first-order chi connectivity index (χ1) is 11.3. The monoisotopic (exact) mass is 309 g/mol. The van der Waals surface area contributed by atoms with Gasteiger partial charge >= 0.3 is 0 Å². The molecule has 0 aliphatic rings.